The summed E-state index contributed by atoms with van der Waals surface area (Å²) in [6.45, 7) is 8.41. The minimum atomic E-state index is 0.321. The second-order valence-corrected chi connectivity index (χ2v) is 5.29. The predicted molar refractivity (Wildman–Crippen MR) is 67.1 cm³/mol. The molecule has 1 aromatic carbocycles. The van der Waals surface area contributed by atoms with E-state index in [-0.39, 0.29) is 0 Å². The SMILES string of the molecule is CN(CC(C)(C)C)c1ccc(CN)cc1. The minimum Gasteiger partial charge on any atom is -0.374 e. The Kier molecular flexibility index (Phi) is 3.75. The molecule has 0 amide bonds. The van der Waals surface area contributed by atoms with Gasteiger partial charge in [0.2, 0.25) is 0 Å². The maximum absolute atomic E-state index is 5.56. The first kappa shape index (κ1) is 12.1. The summed E-state index contributed by atoms with van der Waals surface area (Å²) in [5.74, 6) is 0. The van der Waals surface area contributed by atoms with Crippen molar-refractivity contribution in [1.82, 2.24) is 0 Å². The maximum Gasteiger partial charge on any atom is 0.0363 e. The van der Waals surface area contributed by atoms with Gasteiger partial charge in [-0.3, -0.25) is 0 Å². The molecule has 2 nitrogen and oxygen atoms in total. The van der Waals surface area contributed by atoms with Crippen LogP contribution in [0.2, 0.25) is 0 Å². The lowest BCUT2D eigenvalue weighted by molar-refractivity contribution is 0.419. The van der Waals surface area contributed by atoms with Crippen LogP contribution in [0.3, 0.4) is 0 Å². The minimum absolute atomic E-state index is 0.321. The zero-order valence-corrected chi connectivity index (χ0v) is 10.2. The van der Waals surface area contributed by atoms with E-state index in [9.17, 15) is 0 Å². The van der Waals surface area contributed by atoms with Crippen LogP contribution >= 0.6 is 0 Å². The summed E-state index contributed by atoms with van der Waals surface area (Å²) in [5.41, 5.74) is 8.32. The highest BCUT2D eigenvalue weighted by molar-refractivity contribution is 5.47. The number of hydrogen-bond acceptors (Lipinski definition) is 2. The smallest absolute Gasteiger partial charge is 0.0363 e. The van der Waals surface area contributed by atoms with Crippen LogP contribution in [0.4, 0.5) is 5.69 Å². The van der Waals surface area contributed by atoms with Gasteiger partial charge in [-0.05, 0) is 23.1 Å². The van der Waals surface area contributed by atoms with Crippen molar-refractivity contribution >= 4 is 5.69 Å². The molecule has 0 fully saturated rings. The van der Waals surface area contributed by atoms with E-state index in [1.54, 1.807) is 0 Å². The topological polar surface area (TPSA) is 29.3 Å². The Bertz CT molecular complexity index is 295. The molecule has 0 radical (unpaired) electrons. The van der Waals surface area contributed by atoms with Crippen LogP contribution in [0.5, 0.6) is 0 Å². The first-order valence-electron chi connectivity index (χ1n) is 5.42. The molecule has 0 bridgehead atoms. The van der Waals surface area contributed by atoms with Gasteiger partial charge in [-0.2, -0.15) is 0 Å². The summed E-state index contributed by atoms with van der Waals surface area (Å²) in [5, 5.41) is 0. The largest absolute Gasteiger partial charge is 0.374 e. The molecule has 0 aliphatic carbocycles. The van der Waals surface area contributed by atoms with Crippen molar-refractivity contribution in [2.24, 2.45) is 11.1 Å². The van der Waals surface area contributed by atoms with Gasteiger partial charge in [0, 0.05) is 25.8 Å². The van der Waals surface area contributed by atoms with Crippen molar-refractivity contribution in [2.45, 2.75) is 27.3 Å². The molecule has 0 saturated carbocycles. The van der Waals surface area contributed by atoms with E-state index in [0.717, 1.165) is 6.54 Å². The molecule has 84 valence electrons. The van der Waals surface area contributed by atoms with Crippen LogP contribution in [0.1, 0.15) is 26.3 Å². The van der Waals surface area contributed by atoms with Crippen molar-refractivity contribution in [3.8, 4) is 0 Å². The highest BCUT2D eigenvalue weighted by Gasteiger charge is 2.13. The second-order valence-electron chi connectivity index (χ2n) is 5.29. The van der Waals surface area contributed by atoms with Gasteiger partial charge in [-0.1, -0.05) is 32.9 Å². The summed E-state index contributed by atoms with van der Waals surface area (Å²) >= 11 is 0. The van der Waals surface area contributed by atoms with Crippen LogP contribution in [0.25, 0.3) is 0 Å². The summed E-state index contributed by atoms with van der Waals surface area (Å²) < 4.78 is 0. The number of rotatable bonds is 3. The van der Waals surface area contributed by atoms with Gasteiger partial charge in [0.1, 0.15) is 0 Å². The van der Waals surface area contributed by atoms with Gasteiger partial charge in [0.05, 0.1) is 0 Å². The predicted octanol–water partition coefficient (Wildman–Crippen LogP) is 2.63. The lowest BCUT2D eigenvalue weighted by Gasteiger charge is -2.28. The van der Waals surface area contributed by atoms with E-state index >= 15 is 0 Å². The zero-order valence-electron chi connectivity index (χ0n) is 10.2. The molecule has 0 spiro atoms. The molecular formula is C13H22N2. The third-order valence-corrected chi connectivity index (χ3v) is 2.32. The van der Waals surface area contributed by atoms with Crippen molar-refractivity contribution in [3.05, 3.63) is 29.8 Å². The highest BCUT2D eigenvalue weighted by atomic mass is 15.1. The molecule has 0 atom stereocenters. The molecule has 2 N–H and O–H groups in total. The summed E-state index contributed by atoms with van der Waals surface area (Å²) in [6.07, 6.45) is 0. The first-order chi connectivity index (χ1) is 6.92. The molecule has 2 heteroatoms. The van der Waals surface area contributed by atoms with Crippen molar-refractivity contribution in [3.63, 3.8) is 0 Å². The highest BCUT2D eigenvalue weighted by Crippen LogP contribution is 2.20. The molecule has 1 aromatic rings. The van der Waals surface area contributed by atoms with E-state index in [2.05, 4.69) is 57.0 Å². The van der Waals surface area contributed by atoms with Crippen LogP contribution in [0, 0.1) is 5.41 Å². The molecule has 0 aliphatic rings. The summed E-state index contributed by atoms with van der Waals surface area (Å²) in [4.78, 5) is 2.28. The van der Waals surface area contributed by atoms with Crippen molar-refractivity contribution in [2.75, 3.05) is 18.5 Å². The Labute approximate surface area is 93.1 Å². The Morgan fingerprint density at radius 2 is 1.67 bits per heavy atom. The number of hydrogen-bond donors (Lipinski definition) is 1. The Morgan fingerprint density at radius 3 is 2.07 bits per heavy atom. The van der Waals surface area contributed by atoms with E-state index in [4.69, 9.17) is 5.73 Å². The van der Waals surface area contributed by atoms with Gasteiger partial charge in [0.25, 0.3) is 0 Å². The summed E-state index contributed by atoms with van der Waals surface area (Å²) in [7, 11) is 2.13. The van der Waals surface area contributed by atoms with Crippen LogP contribution in [0.15, 0.2) is 24.3 Å². The normalized spacial score (nSPS) is 11.5. The molecule has 0 unspecified atom stereocenters. The van der Waals surface area contributed by atoms with Gasteiger partial charge in [-0.15, -0.1) is 0 Å². The second kappa shape index (κ2) is 4.67. The molecule has 0 saturated heterocycles. The molecule has 15 heavy (non-hydrogen) atoms. The van der Waals surface area contributed by atoms with Crippen LogP contribution in [-0.2, 0) is 6.54 Å². The standard InChI is InChI=1S/C13H22N2/c1-13(2,3)10-15(4)12-7-5-11(9-14)6-8-12/h5-8H,9-10,14H2,1-4H3. The quantitative estimate of drug-likeness (QED) is 0.823. The average Bonchev–Trinajstić information content (AvgIpc) is 2.15. The Balaban J connectivity index is 2.70. The lowest BCUT2D eigenvalue weighted by atomic mass is 9.96. The van der Waals surface area contributed by atoms with E-state index in [0.29, 0.717) is 12.0 Å². The van der Waals surface area contributed by atoms with Crippen LogP contribution in [-0.4, -0.2) is 13.6 Å². The van der Waals surface area contributed by atoms with Crippen LogP contribution < -0.4 is 10.6 Å². The molecule has 0 aromatic heterocycles. The van der Waals surface area contributed by atoms with Gasteiger partial charge >= 0.3 is 0 Å². The fourth-order valence-electron chi connectivity index (χ4n) is 1.69. The first-order valence-corrected chi connectivity index (χ1v) is 5.42. The fraction of sp³-hybridized carbons (Fsp3) is 0.538. The third kappa shape index (κ3) is 3.92. The van der Waals surface area contributed by atoms with Crippen molar-refractivity contribution < 1.29 is 0 Å². The monoisotopic (exact) mass is 206 g/mol. The van der Waals surface area contributed by atoms with Gasteiger partial charge in [-0.25, -0.2) is 0 Å². The van der Waals surface area contributed by atoms with Gasteiger partial charge in [0.15, 0.2) is 0 Å². The number of nitrogens with two attached hydrogens (primary N) is 1. The zero-order chi connectivity index (χ0) is 11.5. The lowest BCUT2D eigenvalue weighted by Crippen LogP contribution is -2.28. The van der Waals surface area contributed by atoms with Crippen molar-refractivity contribution in [1.29, 1.82) is 0 Å². The molecular weight excluding hydrogens is 184 g/mol. The molecule has 1 rings (SSSR count). The third-order valence-electron chi connectivity index (χ3n) is 2.32. The fourth-order valence-corrected chi connectivity index (χ4v) is 1.69. The van der Waals surface area contributed by atoms with Gasteiger partial charge < -0.3 is 10.6 Å². The molecule has 0 heterocycles. The molecule has 0 aliphatic heterocycles. The average molecular weight is 206 g/mol. The number of anilines is 1. The van der Waals surface area contributed by atoms with E-state index in [1.807, 2.05) is 0 Å². The Morgan fingerprint density at radius 1 is 1.13 bits per heavy atom. The number of nitrogens with zero attached hydrogens (tertiary/aromatic N) is 1. The number of benzene rings is 1. The van der Waals surface area contributed by atoms with E-state index < -0.39 is 0 Å². The summed E-state index contributed by atoms with van der Waals surface area (Å²) in [6, 6.07) is 8.45. The van der Waals surface area contributed by atoms with E-state index in [1.165, 1.54) is 11.3 Å². The maximum atomic E-state index is 5.56. The Hall–Kier alpha value is -1.02.